The van der Waals surface area contributed by atoms with Crippen LogP contribution in [0.4, 0.5) is 0 Å². The highest BCUT2D eigenvalue weighted by Crippen LogP contribution is 2.25. The van der Waals surface area contributed by atoms with Crippen LogP contribution in [0.25, 0.3) is 0 Å². The SMILES string of the molecule is Cc1ccc(Cl)c(OCCN2C[C@H](O)C[C@@H](O)C2)c1. The maximum absolute atomic E-state index is 9.58. The van der Waals surface area contributed by atoms with E-state index in [0.29, 0.717) is 43.4 Å². The van der Waals surface area contributed by atoms with Gasteiger partial charge in [-0.25, -0.2) is 0 Å². The third-order valence-corrected chi connectivity index (χ3v) is 3.55. The minimum absolute atomic E-state index is 0.452. The molecule has 5 heteroatoms. The molecule has 1 aromatic rings. The summed E-state index contributed by atoms with van der Waals surface area (Å²) in [6.45, 7) is 4.31. The first-order valence-electron chi connectivity index (χ1n) is 6.52. The molecule has 0 saturated carbocycles. The van der Waals surface area contributed by atoms with Gasteiger partial charge in [0.15, 0.2) is 0 Å². The molecule has 0 radical (unpaired) electrons. The van der Waals surface area contributed by atoms with Gasteiger partial charge in [-0.05, 0) is 24.6 Å². The van der Waals surface area contributed by atoms with Gasteiger partial charge in [0.2, 0.25) is 0 Å². The second kappa shape index (κ2) is 6.57. The second-order valence-electron chi connectivity index (χ2n) is 5.09. The highest BCUT2D eigenvalue weighted by Gasteiger charge is 2.23. The smallest absolute Gasteiger partial charge is 0.138 e. The Morgan fingerprint density at radius 1 is 1.32 bits per heavy atom. The Labute approximate surface area is 118 Å². The number of halogens is 1. The van der Waals surface area contributed by atoms with E-state index in [0.717, 1.165) is 5.56 Å². The number of piperidine rings is 1. The normalized spacial score (nSPS) is 24.4. The van der Waals surface area contributed by atoms with Crippen LogP contribution in [-0.4, -0.2) is 53.6 Å². The molecule has 0 aliphatic carbocycles. The van der Waals surface area contributed by atoms with Crippen molar-refractivity contribution in [2.75, 3.05) is 26.2 Å². The Kier molecular flexibility index (Phi) is 5.05. The Hall–Kier alpha value is -0.810. The van der Waals surface area contributed by atoms with Crippen molar-refractivity contribution in [3.05, 3.63) is 28.8 Å². The molecule has 0 amide bonds. The molecule has 2 atom stereocenters. The average molecular weight is 286 g/mol. The molecular weight excluding hydrogens is 266 g/mol. The maximum atomic E-state index is 9.58. The van der Waals surface area contributed by atoms with Gasteiger partial charge >= 0.3 is 0 Å². The number of aryl methyl sites for hydroxylation is 1. The number of ether oxygens (including phenoxy) is 1. The van der Waals surface area contributed by atoms with Crippen molar-refractivity contribution < 1.29 is 14.9 Å². The van der Waals surface area contributed by atoms with Crippen LogP contribution in [0.1, 0.15) is 12.0 Å². The van der Waals surface area contributed by atoms with E-state index in [1.807, 2.05) is 30.0 Å². The van der Waals surface area contributed by atoms with Gasteiger partial charge < -0.3 is 14.9 Å². The standard InChI is InChI=1S/C14H20ClNO3/c1-10-2-3-13(15)14(6-10)19-5-4-16-8-11(17)7-12(18)9-16/h2-3,6,11-12,17-18H,4-5,7-9H2,1H3/t11-,12-/m1/s1. The van der Waals surface area contributed by atoms with Gasteiger partial charge in [0.1, 0.15) is 12.4 Å². The Balaban J connectivity index is 1.81. The summed E-state index contributed by atoms with van der Waals surface area (Å²) in [6, 6.07) is 5.66. The molecule has 0 spiro atoms. The topological polar surface area (TPSA) is 52.9 Å². The lowest BCUT2D eigenvalue weighted by atomic mass is 10.1. The van der Waals surface area contributed by atoms with E-state index in [1.165, 1.54) is 0 Å². The first-order chi connectivity index (χ1) is 9.04. The zero-order valence-corrected chi connectivity index (χ0v) is 11.8. The first-order valence-corrected chi connectivity index (χ1v) is 6.90. The van der Waals surface area contributed by atoms with Crippen LogP contribution in [0.5, 0.6) is 5.75 Å². The van der Waals surface area contributed by atoms with Crippen molar-refractivity contribution in [2.45, 2.75) is 25.6 Å². The van der Waals surface area contributed by atoms with E-state index in [4.69, 9.17) is 16.3 Å². The predicted octanol–water partition coefficient (Wildman–Crippen LogP) is 1.45. The molecule has 1 heterocycles. The molecule has 2 rings (SSSR count). The van der Waals surface area contributed by atoms with Gasteiger partial charge in [-0.1, -0.05) is 17.7 Å². The summed E-state index contributed by atoms with van der Waals surface area (Å²) in [5.74, 6) is 0.680. The number of nitrogens with zero attached hydrogens (tertiary/aromatic N) is 1. The van der Waals surface area contributed by atoms with Crippen molar-refractivity contribution in [1.29, 1.82) is 0 Å². The Morgan fingerprint density at radius 2 is 2.00 bits per heavy atom. The first kappa shape index (κ1) is 14.6. The molecule has 1 fully saturated rings. The lowest BCUT2D eigenvalue weighted by Crippen LogP contribution is -2.46. The molecule has 19 heavy (non-hydrogen) atoms. The highest BCUT2D eigenvalue weighted by atomic mass is 35.5. The fraction of sp³-hybridized carbons (Fsp3) is 0.571. The van der Waals surface area contributed by atoms with Crippen molar-refractivity contribution in [1.82, 2.24) is 4.90 Å². The van der Waals surface area contributed by atoms with Crippen LogP contribution in [0.15, 0.2) is 18.2 Å². The minimum atomic E-state index is -0.452. The van der Waals surface area contributed by atoms with Crippen LogP contribution in [0.3, 0.4) is 0 Å². The minimum Gasteiger partial charge on any atom is -0.491 e. The summed E-state index contributed by atoms with van der Waals surface area (Å²) in [5.41, 5.74) is 1.10. The molecule has 1 aliphatic rings. The van der Waals surface area contributed by atoms with Crippen LogP contribution in [0.2, 0.25) is 5.02 Å². The summed E-state index contributed by atoms with van der Waals surface area (Å²) in [4.78, 5) is 2.00. The van der Waals surface area contributed by atoms with Crippen LogP contribution in [0, 0.1) is 6.92 Å². The van der Waals surface area contributed by atoms with E-state index in [9.17, 15) is 10.2 Å². The van der Waals surface area contributed by atoms with Gasteiger partial charge in [0, 0.05) is 26.1 Å². The molecule has 2 N–H and O–H groups in total. The fourth-order valence-corrected chi connectivity index (χ4v) is 2.49. The Bertz CT molecular complexity index is 417. The Morgan fingerprint density at radius 3 is 2.68 bits per heavy atom. The molecule has 0 bridgehead atoms. The van der Waals surface area contributed by atoms with Gasteiger partial charge in [0.25, 0.3) is 0 Å². The number of aliphatic hydroxyl groups excluding tert-OH is 2. The second-order valence-corrected chi connectivity index (χ2v) is 5.49. The van der Waals surface area contributed by atoms with Crippen molar-refractivity contribution >= 4 is 11.6 Å². The summed E-state index contributed by atoms with van der Waals surface area (Å²) in [5, 5.41) is 19.8. The van der Waals surface area contributed by atoms with E-state index >= 15 is 0 Å². The lowest BCUT2D eigenvalue weighted by Gasteiger charge is -2.33. The number of benzene rings is 1. The summed E-state index contributed by atoms with van der Waals surface area (Å²) in [6.07, 6.45) is -0.446. The zero-order chi connectivity index (χ0) is 13.8. The predicted molar refractivity (Wildman–Crippen MR) is 74.8 cm³/mol. The third kappa shape index (κ3) is 4.35. The molecule has 106 valence electrons. The van der Waals surface area contributed by atoms with Crippen LogP contribution >= 0.6 is 11.6 Å². The fourth-order valence-electron chi connectivity index (χ4n) is 2.32. The number of β-amino-alcohol motifs (C(OH)–C–C–N with tert-alkyl or cyclic N) is 2. The third-order valence-electron chi connectivity index (χ3n) is 3.23. The molecule has 4 nitrogen and oxygen atoms in total. The monoisotopic (exact) mass is 285 g/mol. The largest absolute Gasteiger partial charge is 0.491 e. The van der Waals surface area contributed by atoms with Gasteiger partial charge in [-0.3, -0.25) is 4.90 Å². The van der Waals surface area contributed by atoms with Gasteiger partial charge in [0.05, 0.1) is 17.2 Å². The molecule has 1 saturated heterocycles. The summed E-state index contributed by atoms with van der Waals surface area (Å²) >= 11 is 6.05. The van der Waals surface area contributed by atoms with Crippen LogP contribution in [-0.2, 0) is 0 Å². The quantitative estimate of drug-likeness (QED) is 0.879. The highest BCUT2D eigenvalue weighted by molar-refractivity contribution is 6.32. The van der Waals surface area contributed by atoms with E-state index < -0.39 is 12.2 Å². The number of aliphatic hydroxyl groups is 2. The number of hydrogen-bond donors (Lipinski definition) is 2. The molecular formula is C14H20ClNO3. The summed E-state index contributed by atoms with van der Waals surface area (Å²) < 4.78 is 5.65. The number of rotatable bonds is 4. The molecule has 1 aromatic carbocycles. The van der Waals surface area contributed by atoms with Crippen molar-refractivity contribution in [3.8, 4) is 5.75 Å². The molecule has 0 aromatic heterocycles. The zero-order valence-electron chi connectivity index (χ0n) is 11.1. The van der Waals surface area contributed by atoms with Crippen LogP contribution < -0.4 is 4.74 Å². The maximum Gasteiger partial charge on any atom is 0.138 e. The van der Waals surface area contributed by atoms with E-state index in [2.05, 4.69) is 0 Å². The van der Waals surface area contributed by atoms with Crippen molar-refractivity contribution in [3.63, 3.8) is 0 Å². The van der Waals surface area contributed by atoms with E-state index in [-0.39, 0.29) is 0 Å². The van der Waals surface area contributed by atoms with Gasteiger partial charge in [-0.15, -0.1) is 0 Å². The van der Waals surface area contributed by atoms with Gasteiger partial charge in [-0.2, -0.15) is 0 Å². The molecule has 1 aliphatic heterocycles. The number of likely N-dealkylation sites (tertiary alicyclic amines) is 1. The average Bonchev–Trinajstić information content (AvgIpc) is 2.32. The molecule has 0 unspecified atom stereocenters. The lowest BCUT2D eigenvalue weighted by molar-refractivity contribution is -0.0114. The van der Waals surface area contributed by atoms with Crippen molar-refractivity contribution in [2.24, 2.45) is 0 Å². The summed E-state index contributed by atoms with van der Waals surface area (Å²) in [7, 11) is 0. The number of hydrogen-bond acceptors (Lipinski definition) is 4. The van der Waals surface area contributed by atoms with E-state index in [1.54, 1.807) is 0 Å².